The van der Waals surface area contributed by atoms with E-state index >= 15 is 0 Å². The summed E-state index contributed by atoms with van der Waals surface area (Å²) in [6.07, 6.45) is 5.67. The van der Waals surface area contributed by atoms with Crippen LogP contribution in [0.3, 0.4) is 0 Å². The third kappa shape index (κ3) is 3.59. The van der Waals surface area contributed by atoms with Crippen molar-refractivity contribution in [1.82, 2.24) is 10.2 Å². The first-order valence-electron chi connectivity index (χ1n) is 7.29. The van der Waals surface area contributed by atoms with Crippen molar-refractivity contribution < 1.29 is 4.42 Å². The van der Waals surface area contributed by atoms with Gasteiger partial charge in [0.1, 0.15) is 5.76 Å². The summed E-state index contributed by atoms with van der Waals surface area (Å²) < 4.78 is 5.61. The van der Waals surface area contributed by atoms with E-state index in [4.69, 9.17) is 4.42 Å². The molecule has 1 fully saturated rings. The molecule has 1 aromatic heterocycles. The number of nitrogens with zero attached hydrogens (tertiary/aromatic N) is 1. The first kappa shape index (κ1) is 13.6. The molecule has 1 N–H and O–H groups in total. The molecule has 0 amide bonds. The van der Waals surface area contributed by atoms with Gasteiger partial charge >= 0.3 is 0 Å². The molecule has 1 saturated heterocycles. The molecule has 0 spiro atoms. The van der Waals surface area contributed by atoms with Crippen LogP contribution in [0.2, 0.25) is 0 Å². The van der Waals surface area contributed by atoms with Crippen molar-refractivity contribution in [2.24, 2.45) is 5.92 Å². The van der Waals surface area contributed by atoms with Crippen LogP contribution in [0.25, 0.3) is 0 Å². The lowest BCUT2D eigenvalue weighted by molar-refractivity contribution is 0.207. The maximum atomic E-state index is 5.61. The van der Waals surface area contributed by atoms with Gasteiger partial charge in [0.25, 0.3) is 0 Å². The predicted octanol–water partition coefficient (Wildman–Crippen LogP) is 3.05. The molecule has 1 aliphatic rings. The number of hydrogen-bond acceptors (Lipinski definition) is 3. The molecule has 0 bridgehead atoms. The normalized spacial score (nSPS) is 20.1. The zero-order valence-electron chi connectivity index (χ0n) is 11.7. The Bertz CT molecular complexity index is 317. The molecule has 3 heteroatoms. The van der Waals surface area contributed by atoms with E-state index in [1.807, 2.05) is 6.07 Å². The molecule has 18 heavy (non-hydrogen) atoms. The highest BCUT2D eigenvalue weighted by molar-refractivity contribution is 5.06. The van der Waals surface area contributed by atoms with E-state index in [1.165, 1.54) is 32.4 Å². The van der Waals surface area contributed by atoms with E-state index in [0.717, 1.165) is 24.8 Å². The van der Waals surface area contributed by atoms with Crippen molar-refractivity contribution in [3.8, 4) is 0 Å². The Morgan fingerprint density at radius 3 is 2.72 bits per heavy atom. The molecule has 0 saturated carbocycles. The van der Waals surface area contributed by atoms with Crippen molar-refractivity contribution in [1.29, 1.82) is 0 Å². The molecule has 2 rings (SSSR count). The topological polar surface area (TPSA) is 28.4 Å². The number of hydrogen-bond donors (Lipinski definition) is 1. The molecule has 0 aliphatic carbocycles. The van der Waals surface area contributed by atoms with E-state index in [0.29, 0.717) is 6.04 Å². The van der Waals surface area contributed by atoms with Gasteiger partial charge in [0.2, 0.25) is 0 Å². The van der Waals surface area contributed by atoms with E-state index in [-0.39, 0.29) is 0 Å². The fourth-order valence-electron chi connectivity index (χ4n) is 2.55. The van der Waals surface area contributed by atoms with Crippen LogP contribution in [0.1, 0.15) is 44.9 Å². The van der Waals surface area contributed by atoms with Gasteiger partial charge in [-0.05, 0) is 50.5 Å². The highest BCUT2D eigenvalue weighted by Gasteiger charge is 2.25. The summed E-state index contributed by atoms with van der Waals surface area (Å²) in [5, 5.41) is 3.60. The SMILES string of the molecule is CCC(C)CNCC(c1ccco1)N1CCCC1. The zero-order valence-corrected chi connectivity index (χ0v) is 11.7. The number of furan rings is 1. The molecule has 0 aromatic carbocycles. The molecule has 2 unspecified atom stereocenters. The van der Waals surface area contributed by atoms with Crippen LogP contribution in [0.4, 0.5) is 0 Å². The summed E-state index contributed by atoms with van der Waals surface area (Å²) in [4.78, 5) is 2.54. The minimum Gasteiger partial charge on any atom is -0.468 e. The summed E-state index contributed by atoms with van der Waals surface area (Å²) in [7, 11) is 0. The summed E-state index contributed by atoms with van der Waals surface area (Å²) >= 11 is 0. The Morgan fingerprint density at radius 2 is 2.11 bits per heavy atom. The van der Waals surface area contributed by atoms with Gasteiger partial charge in [-0.25, -0.2) is 0 Å². The van der Waals surface area contributed by atoms with Gasteiger partial charge in [-0.15, -0.1) is 0 Å². The highest BCUT2D eigenvalue weighted by Crippen LogP contribution is 2.24. The van der Waals surface area contributed by atoms with Crippen LogP contribution in [-0.4, -0.2) is 31.1 Å². The van der Waals surface area contributed by atoms with Gasteiger partial charge in [-0.3, -0.25) is 4.90 Å². The maximum absolute atomic E-state index is 5.61. The van der Waals surface area contributed by atoms with E-state index < -0.39 is 0 Å². The zero-order chi connectivity index (χ0) is 12.8. The second-order valence-electron chi connectivity index (χ2n) is 5.45. The Labute approximate surface area is 111 Å². The summed E-state index contributed by atoms with van der Waals surface area (Å²) in [5.74, 6) is 1.86. The second-order valence-corrected chi connectivity index (χ2v) is 5.45. The first-order valence-corrected chi connectivity index (χ1v) is 7.29. The Balaban J connectivity index is 1.88. The maximum Gasteiger partial charge on any atom is 0.122 e. The van der Waals surface area contributed by atoms with E-state index in [9.17, 15) is 0 Å². The molecule has 1 aromatic rings. The molecule has 1 aliphatic heterocycles. The fraction of sp³-hybridized carbons (Fsp3) is 0.733. The Hall–Kier alpha value is -0.800. The van der Waals surface area contributed by atoms with Gasteiger partial charge in [-0.2, -0.15) is 0 Å². The van der Waals surface area contributed by atoms with Gasteiger partial charge in [0.05, 0.1) is 12.3 Å². The third-order valence-electron chi connectivity index (χ3n) is 3.98. The number of rotatable bonds is 7. The van der Waals surface area contributed by atoms with Crippen molar-refractivity contribution in [2.75, 3.05) is 26.2 Å². The smallest absolute Gasteiger partial charge is 0.122 e. The molecule has 0 radical (unpaired) electrons. The number of likely N-dealkylation sites (tertiary alicyclic amines) is 1. The lowest BCUT2D eigenvalue weighted by Gasteiger charge is -2.26. The largest absolute Gasteiger partial charge is 0.468 e. The lowest BCUT2D eigenvalue weighted by atomic mass is 10.1. The van der Waals surface area contributed by atoms with Crippen LogP contribution in [-0.2, 0) is 0 Å². The van der Waals surface area contributed by atoms with E-state index in [2.05, 4.69) is 30.1 Å². The van der Waals surface area contributed by atoms with Crippen LogP contribution in [0, 0.1) is 5.92 Å². The average molecular weight is 250 g/mol. The molecular formula is C15H26N2O. The molecule has 2 atom stereocenters. The standard InChI is InChI=1S/C15H26N2O/c1-3-13(2)11-16-12-14(15-7-6-10-18-15)17-8-4-5-9-17/h6-7,10,13-14,16H,3-5,8-9,11-12H2,1-2H3. The van der Waals surface area contributed by atoms with Crippen LogP contribution >= 0.6 is 0 Å². The van der Waals surface area contributed by atoms with Crippen LogP contribution < -0.4 is 5.32 Å². The highest BCUT2D eigenvalue weighted by atomic mass is 16.3. The van der Waals surface area contributed by atoms with Gasteiger partial charge in [-0.1, -0.05) is 20.3 Å². The fourth-order valence-corrected chi connectivity index (χ4v) is 2.55. The van der Waals surface area contributed by atoms with Crippen LogP contribution in [0.5, 0.6) is 0 Å². The van der Waals surface area contributed by atoms with Gasteiger partial charge in [0, 0.05) is 6.54 Å². The molecule has 2 heterocycles. The predicted molar refractivity (Wildman–Crippen MR) is 74.6 cm³/mol. The van der Waals surface area contributed by atoms with Crippen molar-refractivity contribution in [3.63, 3.8) is 0 Å². The first-order chi connectivity index (χ1) is 8.81. The van der Waals surface area contributed by atoms with E-state index in [1.54, 1.807) is 6.26 Å². The number of nitrogens with one attached hydrogen (secondary N) is 1. The Kier molecular flexibility index (Phi) is 5.26. The summed E-state index contributed by atoms with van der Waals surface area (Å²) in [6.45, 7) is 9.05. The summed E-state index contributed by atoms with van der Waals surface area (Å²) in [5.41, 5.74) is 0. The van der Waals surface area contributed by atoms with Gasteiger partial charge < -0.3 is 9.73 Å². The lowest BCUT2D eigenvalue weighted by Crippen LogP contribution is -2.35. The van der Waals surface area contributed by atoms with Crippen LogP contribution in [0.15, 0.2) is 22.8 Å². The minimum absolute atomic E-state index is 0.409. The quantitative estimate of drug-likeness (QED) is 0.806. The molecular weight excluding hydrogens is 224 g/mol. The van der Waals surface area contributed by atoms with Gasteiger partial charge in [0.15, 0.2) is 0 Å². The molecule has 102 valence electrons. The second kappa shape index (κ2) is 6.95. The minimum atomic E-state index is 0.409. The average Bonchev–Trinajstić information content (AvgIpc) is 3.06. The van der Waals surface area contributed by atoms with Crippen molar-refractivity contribution in [3.05, 3.63) is 24.2 Å². The molecule has 3 nitrogen and oxygen atoms in total. The summed E-state index contributed by atoms with van der Waals surface area (Å²) in [6, 6.07) is 4.51. The van der Waals surface area contributed by atoms with Crippen molar-refractivity contribution in [2.45, 2.75) is 39.2 Å². The monoisotopic (exact) mass is 250 g/mol. The Morgan fingerprint density at radius 1 is 1.33 bits per heavy atom. The van der Waals surface area contributed by atoms with Crippen molar-refractivity contribution >= 4 is 0 Å². The third-order valence-corrected chi connectivity index (χ3v) is 3.98.